The second-order valence-corrected chi connectivity index (χ2v) is 5.00. The number of ether oxygens (including phenoxy) is 1. The van der Waals surface area contributed by atoms with E-state index in [0.717, 1.165) is 31.6 Å². The lowest BCUT2D eigenvalue weighted by Gasteiger charge is -2.33. The summed E-state index contributed by atoms with van der Waals surface area (Å²) >= 11 is 0. The summed E-state index contributed by atoms with van der Waals surface area (Å²) in [4.78, 5) is 13.6. The highest BCUT2D eigenvalue weighted by atomic mass is 19.1. The van der Waals surface area contributed by atoms with Gasteiger partial charge in [-0.05, 0) is 43.9 Å². The van der Waals surface area contributed by atoms with Crippen molar-refractivity contribution in [2.75, 3.05) is 31.2 Å². The molecular weight excluding hydrogens is 261 g/mol. The van der Waals surface area contributed by atoms with Crippen LogP contribution in [0.15, 0.2) is 18.2 Å². The molecule has 0 spiro atoms. The Hall–Kier alpha value is -1.62. The Labute approximate surface area is 118 Å². The zero-order valence-corrected chi connectivity index (χ0v) is 11.6. The van der Waals surface area contributed by atoms with E-state index in [4.69, 9.17) is 9.84 Å². The van der Waals surface area contributed by atoms with Crippen molar-refractivity contribution in [1.82, 2.24) is 0 Å². The number of hydrogen-bond acceptors (Lipinski definition) is 4. The highest BCUT2D eigenvalue weighted by molar-refractivity contribution is 5.90. The van der Waals surface area contributed by atoms with E-state index in [9.17, 15) is 9.18 Å². The Kier molecular flexibility index (Phi) is 4.95. The molecule has 0 aliphatic carbocycles. The summed E-state index contributed by atoms with van der Waals surface area (Å²) in [5.41, 5.74) is 0.743. The third kappa shape index (κ3) is 3.28. The molecule has 0 amide bonds. The molecule has 1 saturated heterocycles. The molecule has 0 atom stereocenters. The van der Waals surface area contributed by atoms with Crippen LogP contribution in [0.3, 0.4) is 0 Å². The van der Waals surface area contributed by atoms with Crippen LogP contribution < -0.4 is 4.90 Å². The molecule has 110 valence electrons. The minimum Gasteiger partial charge on any atom is -0.462 e. The SMILES string of the molecule is CCOC(=O)c1ccc(N2CCC(CO)CC2)cc1F. The van der Waals surface area contributed by atoms with E-state index in [0.29, 0.717) is 5.92 Å². The second kappa shape index (κ2) is 6.70. The molecule has 20 heavy (non-hydrogen) atoms. The predicted octanol–water partition coefficient (Wildman–Crippen LogP) is 2.21. The van der Waals surface area contributed by atoms with Crippen molar-refractivity contribution < 1.29 is 19.0 Å². The molecule has 2 rings (SSSR count). The molecule has 1 aromatic carbocycles. The maximum Gasteiger partial charge on any atom is 0.341 e. The second-order valence-electron chi connectivity index (χ2n) is 5.00. The van der Waals surface area contributed by atoms with Crippen molar-refractivity contribution in [3.8, 4) is 0 Å². The van der Waals surface area contributed by atoms with Gasteiger partial charge < -0.3 is 14.7 Å². The van der Waals surface area contributed by atoms with E-state index < -0.39 is 11.8 Å². The standard InChI is InChI=1S/C15H20FNO3/c1-2-20-15(19)13-4-3-12(9-14(13)16)17-7-5-11(10-18)6-8-17/h3-4,9,11,18H,2,5-8,10H2,1H3. The lowest BCUT2D eigenvalue weighted by atomic mass is 9.97. The first kappa shape index (κ1) is 14.8. The van der Waals surface area contributed by atoms with E-state index in [2.05, 4.69) is 4.90 Å². The van der Waals surface area contributed by atoms with Crippen molar-refractivity contribution in [1.29, 1.82) is 0 Å². The number of aliphatic hydroxyl groups is 1. The molecule has 0 aromatic heterocycles. The van der Waals surface area contributed by atoms with Crippen LogP contribution in [0.25, 0.3) is 0 Å². The van der Waals surface area contributed by atoms with Crippen LogP contribution in [-0.4, -0.2) is 37.4 Å². The van der Waals surface area contributed by atoms with Crippen molar-refractivity contribution in [2.24, 2.45) is 5.92 Å². The van der Waals surface area contributed by atoms with Crippen LogP contribution in [0, 0.1) is 11.7 Å². The average molecular weight is 281 g/mol. The van der Waals surface area contributed by atoms with Crippen molar-refractivity contribution in [2.45, 2.75) is 19.8 Å². The first-order chi connectivity index (χ1) is 9.65. The quantitative estimate of drug-likeness (QED) is 0.860. The lowest BCUT2D eigenvalue weighted by molar-refractivity contribution is 0.0521. The summed E-state index contributed by atoms with van der Waals surface area (Å²) in [6, 6.07) is 4.60. The molecule has 1 aliphatic rings. The number of hydrogen-bond donors (Lipinski definition) is 1. The zero-order chi connectivity index (χ0) is 14.5. The molecule has 0 saturated carbocycles. The lowest BCUT2D eigenvalue weighted by Crippen LogP contribution is -2.34. The molecule has 0 unspecified atom stereocenters. The molecular formula is C15H20FNO3. The van der Waals surface area contributed by atoms with Gasteiger partial charge in [0.25, 0.3) is 0 Å². The number of carbonyl (C=O) groups is 1. The van der Waals surface area contributed by atoms with Gasteiger partial charge in [0.1, 0.15) is 5.82 Å². The molecule has 0 radical (unpaired) electrons. The summed E-state index contributed by atoms with van der Waals surface area (Å²) in [7, 11) is 0. The van der Waals surface area contributed by atoms with E-state index in [1.165, 1.54) is 12.1 Å². The number of benzene rings is 1. The average Bonchev–Trinajstić information content (AvgIpc) is 2.47. The summed E-state index contributed by atoms with van der Waals surface area (Å²) in [5, 5.41) is 9.11. The monoisotopic (exact) mass is 281 g/mol. The van der Waals surface area contributed by atoms with Crippen LogP contribution in [-0.2, 0) is 4.74 Å². The third-order valence-corrected chi connectivity index (χ3v) is 3.69. The van der Waals surface area contributed by atoms with Gasteiger partial charge in [-0.25, -0.2) is 9.18 Å². The van der Waals surface area contributed by atoms with Gasteiger partial charge in [0, 0.05) is 25.4 Å². The Morgan fingerprint density at radius 3 is 2.70 bits per heavy atom. The minimum absolute atomic E-state index is 0.0270. The topological polar surface area (TPSA) is 49.8 Å². The Bertz CT molecular complexity index is 470. The fraction of sp³-hybridized carbons (Fsp3) is 0.533. The summed E-state index contributed by atoms with van der Waals surface area (Å²) in [5.74, 6) is -0.837. The van der Waals surface area contributed by atoms with Crippen LogP contribution in [0.1, 0.15) is 30.1 Å². The number of rotatable bonds is 4. The Morgan fingerprint density at radius 1 is 1.45 bits per heavy atom. The third-order valence-electron chi connectivity index (χ3n) is 3.69. The van der Waals surface area contributed by atoms with Gasteiger partial charge >= 0.3 is 5.97 Å². The van der Waals surface area contributed by atoms with Gasteiger partial charge in [-0.3, -0.25) is 0 Å². The van der Waals surface area contributed by atoms with Gasteiger partial charge in [-0.2, -0.15) is 0 Å². The molecule has 5 heteroatoms. The molecule has 1 aromatic rings. The zero-order valence-electron chi connectivity index (χ0n) is 11.6. The molecule has 1 aliphatic heterocycles. The van der Waals surface area contributed by atoms with E-state index >= 15 is 0 Å². The first-order valence-electron chi connectivity index (χ1n) is 6.98. The van der Waals surface area contributed by atoms with Crippen LogP contribution in [0.2, 0.25) is 0 Å². The smallest absolute Gasteiger partial charge is 0.341 e. The fourth-order valence-corrected chi connectivity index (χ4v) is 2.45. The fourth-order valence-electron chi connectivity index (χ4n) is 2.45. The maximum atomic E-state index is 14.0. The highest BCUT2D eigenvalue weighted by Gasteiger charge is 2.20. The Balaban J connectivity index is 2.07. The summed E-state index contributed by atoms with van der Waals surface area (Å²) in [6.45, 7) is 3.72. The number of halogens is 1. The summed E-state index contributed by atoms with van der Waals surface area (Å²) < 4.78 is 18.8. The van der Waals surface area contributed by atoms with Crippen molar-refractivity contribution >= 4 is 11.7 Å². The first-order valence-corrected chi connectivity index (χ1v) is 6.98. The molecule has 1 N–H and O–H groups in total. The maximum absolute atomic E-state index is 14.0. The van der Waals surface area contributed by atoms with Crippen molar-refractivity contribution in [3.63, 3.8) is 0 Å². The normalized spacial score (nSPS) is 16.2. The van der Waals surface area contributed by atoms with E-state index in [1.54, 1.807) is 13.0 Å². The molecule has 4 nitrogen and oxygen atoms in total. The Morgan fingerprint density at radius 2 is 2.15 bits per heavy atom. The predicted molar refractivity (Wildman–Crippen MR) is 74.4 cm³/mol. The van der Waals surface area contributed by atoms with Crippen LogP contribution in [0.4, 0.5) is 10.1 Å². The van der Waals surface area contributed by atoms with Gasteiger partial charge in [-0.15, -0.1) is 0 Å². The van der Waals surface area contributed by atoms with Crippen LogP contribution >= 0.6 is 0 Å². The minimum atomic E-state index is -0.629. The highest BCUT2D eigenvalue weighted by Crippen LogP contribution is 2.25. The number of carbonyl (C=O) groups excluding carboxylic acids is 1. The number of esters is 1. The molecule has 1 heterocycles. The van der Waals surface area contributed by atoms with Gasteiger partial charge in [-0.1, -0.05) is 0 Å². The van der Waals surface area contributed by atoms with Gasteiger partial charge in [0.05, 0.1) is 12.2 Å². The number of aliphatic hydroxyl groups excluding tert-OH is 1. The van der Waals surface area contributed by atoms with E-state index in [1.807, 2.05) is 0 Å². The largest absolute Gasteiger partial charge is 0.462 e. The summed E-state index contributed by atoms with van der Waals surface area (Å²) in [6.07, 6.45) is 1.80. The van der Waals surface area contributed by atoms with E-state index in [-0.39, 0.29) is 18.8 Å². The number of nitrogens with zero attached hydrogens (tertiary/aromatic N) is 1. The van der Waals surface area contributed by atoms with Crippen LogP contribution in [0.5, 0.6) is 0 Å². The molecule has 0 bridgehead atoms. The molecule has 1 fully saturated rings. The van der Waals surface area contributed by atoms with Gasteiger partial charge in [0.15, 0.2) is 0 Å². The number of piperidine rings is 1. The van der Waals surface area contributed by atoms with Gasteiger partial charge in [0.2, 0.25) is 0 Å². The number of anilines is 1. The van der Waals surface area contributed by atoms with Crippen molar-refractivity contribution in [3.05, 3.63) is 29.6 Å².